The molecular weight excluding hydrogens is 246 g/mol. The van der Waals surface area contributed by atoms with Crippen molar-refractivity contribution in [3.63, 3.8) is 0 Å². The molecule has 0 aliphatic carbocycles. The molecule has 1 saturated heterocycles. The van der Waals surface area contributed by atoms with Crippen LogP contribution in [0.5, 0.6) is 0 Å². The molecule has 1 aromatic heterocycles. The lowest BCUT2D eigenvalue weighted by Gasteiger charge is -2.09. The van der Waals surface area contributed by atoms with E-state index in [1.807, 2.05) is 0 Å². The molecule has 0 radical (unpaired) electrons. The van der Waals surface area contributed by atoms with Crippen molar-refractivity contribution in [3.05, 3.63) is 47.2 Å². The standard InChI is InChI=1S/C17H19N3/c1-11-3-5-14(6-4-11)15-7-12(2)17(20-15)16-8-13(9-18)10-19-16/h3-7,13,16,19-20H,8,10H2,1-2H3. The zero-order valence-corrected chi connectivity index (χ0v) is 11.9. The Morgan fingerprint density at radius 2 is 1.95 bits per heavy atom. The molecular formula is C17H19N3. The van der Waals surface area contributed by atoms with Crippen LogP contribution in [-0.4, -0.2) is 11.5 Å². The fourth-order valence-electron chi connectivity index (χ4n) is 2.88. The van der Waals surface area contributed by atoms with Crippen molar-refractivity contribution in [1.29, 1.82) is 5.26 Å². The second-order valence-electron chi connectivity index (χ2n) is 5.67. The summed E-state index contributed by atoms with van der Waals surface area (Å²) >= 11 is 0. The van der Waals surface area contributed by atoms with Crippen molar-refractivity contribution in [2.24, 2.45) is 5.92 Å². The maximum atomic E-state index is 9.01. The van der Waals surface area contributed by atoms with E-state index in [1.54, 1.807) is 0 Å². The van der Waals surface area contributed by atoms with E-state index >= 15 is 0 Å². The van der Waals surface area contributed by atoms with Crippen LogP contribution in [-0.2, 0) is 0 Å². The first kappa shape index (κ1) is 13.0. The molecule has 0 bridgehead atoms. The summed E-state index contributed by atoms with van der Waals surface area (Å²) in [7, 11) is 0. The first-order valence-corrected chi connectivity index (χ1v) is 7.07. The maximum absolute atomic E-state index is 9.01. The van der Waals surface area contributed by atoms with Gasteiger partial charge in [-0.2, -0.15) is 5.26 Å². The van der Waals surface area contributed by atoms with Gasteiger partial charge in [-0.1, -0.05) is 29.8 Å². The average Bonchev–Trinajstić information content (AvgIpc) is 3.05. The minimum atomic E-state index is 0.130. The number of hydrogen-bond acceptors (Lipinski definition) is 2. The highest BCUT2D eigenvalue weighted by Gasteiger charge is 2.27. The summed E-state index contributed by atoms with van der Waals surface area (Å²) in [5.74, 6) is 0.130. The van der Waals surface area contributed by atoms with Crippen molar-refractivity contribution in [3.8, 4) is 17.3 Å². The van der Waals surface area contributed by atoms with Crippen LogP contribution in [0.4, 0.5) is 0 Å². The third-order valence-corrected chi connectivity index (χ3v) is 4.08. The summed E-state index contributed by atoms with van der Waals surface area (Å²) in [6.07, 6.45) is 0.894. The lowest BCUT2D eigenvalue weighted by Crippen LogP contribution is -2.14. The van der Waals surface area contributed by atoms with Crippen LogP contribution in [0.3, 0.4) is 0 Å². The largest absolute Gasteiger partial charge is 0.357 e. The van der Waals surface area contributed by atoms with E-state index in [2.05, 4.69) is 60.5 Å². The van der Waals surface area contributed by atoms with Crippen LogP contribution in [0.15, 0.2) is 30.3 Å². The molecule has 0 spiro atoms. The second kappa shape index (κ2) is 5.15. The maximum Gasteiger partial charge on any atom is 0.0669 e. The van der Waals surface area contributed by atoms with Gasteiger partial charge in [-0.15, -0.1) is 0 Å². The van der Waals surface area contributed by atoms with Crippen LogP contribution in [0, 0.1) is 31.1 Å². The summed E-state index contributed by atoms with van der Waals surface area (Å²) in [5, 5.41) is 12.4. The quantitative estimate of drug-likeness (QED) is 0.873. The highest BCUT2D eigenvalue weighted by molar-refractivity contribution is 5.62. The first-order chi connectivity index (χ1) is 9.67. The summed E-state index contributed by atoms with van der Waals surface area (Å²) in [4.78, 5) is 3.53. The molecule has 0 amide bonds. The fourth-order valence-corrected chi connectivity index (χ4v) is 2.88. The lowest BCUT2D eigenvalue weighted by molar-refractivity contribution is 0.620. The summed E-state index contributed by atoms with van der Waals surface area (Å²) in [6.45, 7) is 5.02. The minimum Gasteiger partial charge on any atom is -0.357 e. The molecule has 2 unspecified atom stereocenters. The number of nitrogens with one attached hydrogen (secondary N) is 2. The van der Waals surface area contributed by atoms with E-state index in [1.165, 1.54) is 22.4 Å². The number of H-pyrrole nitrogens is 1. The molecule has 20 heavy (non-hydrogen) atoms. The van der Waals surface area contributed by atoms with E-state index < -0.39 is 0 Å². The number of rotatable bonds is 2. The molecule has 3 rings (SSSR count). The Balaban J connectivity index is 1.88. The Hall–Kier alpha value is -2.05. The Morgan fingerprint density at radius 1 is 1.20 bits per heavy atom. The first-order valence-electron chi connectivity index (χ1n) is 7.07. The zero-order valence-electron chi connectivity index (χ0n) is 11.9. The van der Waals surface area contributed by atoms with Gasteiger partial charge in [0.25, 0.3) is 0 Å². The van der Waals surface area contributed by atoms with E-state index in [9.17, 15) is 0 Å². The predicted molar refractivity (Wildman–Crippen MR) is 80.2 cm³/mol. The predicted octanol–water partition coefficient (Wildman–Crippen LogP) is 3.47. The van der Waals surface area contributed by atoms with E-state index in [0.29, 0.717) is 0 Å². The van der Waals surface area contributed by atoms with E-state index in [0.717, 1.165) is 18.7 Å². The average molecular weight is 265 g/mol. The Morgan fingerprint density at radius 3 is 2.60 bits per heavy atom. The molecule has 3 heteroatoms. The number of nitriles is 1. The van der Waals surface area contributed by atoms with Gasteiger partial charge in [0, 0.05) is 24.0 Å². The number of benzene rings is 1. The summed E-state index contributed by atoms with van der Waals surface area (Å²) in [5.41, 5.74) is 6.11. The monoisotopic (exact) mass is 265 g/mol. The van der Waals surface area contributed by atoms with Crippen molar-refractivity contribution < 1.29 is 0 Å². The van der Waals surface area contributed by atoms with E-state index in [-0.39, 0.29) is 12.0 Å². The van der Waals surface area contributed by atoms with Gasteiger partial charge in [-0.05, 0) is 37.5 Å². The highest BCUT2D eigenvalue weighted by atomic mass is 15.0. The third kappa shape index (κ3) is 2.35. The van der Waals surface area contributed by atoms with Crippen LogP contribution >= 0.6 is 0 Å². The Bertz CT molecular complexity index is 646. The molecule has 2 N–H and O–H groups in total. The second-order valence-corrected chi connectivity index (χ2v) is 5.67. The van der Waals surface area contributed by atoms with Gasteiger partial charge in [0.2, 0.25) is 0 Å². The van der Waals surface area contributed by atoms with Crippen molar-refractivity contribution in [1.82, 2.24) is 10.3 Å². The molecule has 3 nitrogen and oxygen atoms in total. The van der Waals surface area contributed by atoms with Gasteiger partial charge in [0.1, 0.15) is 0 Å². The van der Waals surface area contributed by atoms with Gasteiger partial charge < -0.3 is 10.3 Å². The highest BCUT2D eigenvalue weighted by Crippen LogP contribution is 2.31. The SMILES string of the molecule is Cc1ccc(-c2cc(C)c(C3CC(C#N)CN3)[nH]2)cc1. The molecule has 1 aromatic carbocycles. The Kier molecular flexibility index (Phi) is 3.33. The smallest absolute Gasteiger partial charge is 0.0669 e. The minimum absolute atomic E-state index is 0.130. The molecule has 2 aromatic rings. The van der Waals surface area contributed by atoms with Gasteiger partial charge in [0.15, 0.2) is 0 Å². The molecule has 2 atom stereocenters. The number of aromatic nitrogens is 1. The van der Waals surface area contributed by atoms with Gasteiger partial charge in [0.05, 0.1) is 12.0 Å². The lowest BCUT2D eigenvalue weighted by atomic mass is 10.0. The summed E-state index contributed by atoms with van der Waals surface area (Å²) < 4.78 is 0. The van der Waals surface area contributed by atoms with Crippen LogP contribution in [0.1, 0.15) is 29.3 Å². The van der Waals surface area contributed by atoms with Gasteiger partial charge in [-0.3, -0.25) is 0 Å². The summed E-state index contributed by atoms with van der Waals surface area (Å²) in [6, 6.07) is 13.4. The number of hydrogen-bond donors (Lipinski definition) is 2. The van der Waals surface area contributed by atoms with Gasteiger partial charge in [-0.25, -0.2) is 0 Å². The number of aromatic amines is 1. The fraction of sp³-hybridized carbons (Fsp3) is 0.353. The van der Waals surface area contributed by atoms with Crippen molar-refractivity contribution in [2.75, 3.05) is 6.54 Å². The third-order valence-electron chi connectivity index (χ3n) is 4.08. The molecule has 1 aliphatic heterocycles. The number of aryl methyl sites for hydroxylation is 2. The topological polar surface area (TPSA) is 51.6 Å². The Labute approximate surface area is 119 Å². The molecule has 102 valence electrons. The van der Waals surface area contributed by atoms with E-state index in [4.69, 9.17) is 5.26 Å². The van der Waals surface area contributed by atoms with Crippen molar-refractivity contribution >= 4 is 0 Å². The molecule has 1 aliphatic rings. The molecule has 2 heterocycles. The van der Waals surface area contributed by atoms with Crippen LogP contribution < -0.4 is 5.32 Å². The molecule has 1 fully saturated rings. The number of nitrogens with zero attached hydrogens (tertiary/aromatic N) is 1. The van der Waals surface area contributed by atoms with Crippen LogP contribution in [0.2, 0.25) is 0 Å². The van der Waals surface area contributed by atoms with Crippen LogP contribution in [0.25, 0.3) is 11.3 Å². The van der Waals surface area contributed by atoms with Gasteiger partial charge >= 0.3 is 0 Å². The molecule has 0 saturated carbocycles. The normalized spacial score (nSPS) is 21.9. The zero-order chi connectivity index (χ0) is 14.1. The van der Waals surface area contributed by atoms with Crippen molar-refractivity contribution in [2.45, 2.75) is 26.3 Å².